The predicted octanol–water partition coefficient (Wildman–Crippen LogP) is 3.26. The van der Waals surface area contributed by atoms with E-state index in [-0.39, 0.29) is 11.7 Å². The fourth-order valence-electron chi connectivity index (χ4n) is 3.11. The maximum absolute atomic E-state index is 9.88. The highest BCUT2D eigenvalue weighted by molar-refractivity contribution is 14.1. The summed E-state index contributed by atoms with van der Waals surface area (Å²) in [5.74, 6) is 0.733. The minimum atomic E-state index is 0.148. The van der Waals surface area contributed by atoms with Crippen molar-refractivity contribution in [3.63, 3.8) is 0 Å². The molecule has 0 radical (unpaired) electrons. The fraction of sp³-hybridized carbons (Fsp3) is 0.0588. The first-order valence-electron chi connectivity index (χ1n) is 7.26. The number of aromatic hydroxyl groups is 1. The number of anilines is 2. The zero-order chi connectivity index (χ0) is 17.0. The number of halogens is 1. The molecule has 5 N–H and O–H groups in total. The average Bonchev–Trinajstić information content (AvgIpc) is 2.89. The van der Waals surface area contributed by atoms with Crippen molar-refractivity contribution >= 4 is 56.2 Å². The molecule has 0 fully saturated rings. The molecule has 4 aromatic rings. The first-order valence-corrected chi connectivity index (χ1v) is 8.34. The van der Waals surface area contributed by atoms with Gasteiger partial charge in [-0.1, -0.05) is 12.1 Å². The molecule has 0 spiro atoms. The molecule has 0 atom stereocenters. The third kappa shape index (κ3) is 2.08. The van der Waals surface area contributed by atoms with E-state index >= 15 is 0 Å². The van der Waals surface area contributed by atoms with Gasteiger partial charge in [-0.3, -0.25) is 0 Å². The Morgan fingerprint density at radius 2 is 1.96 bits per heavy atom. The number of rotatable bonds is 1. The lowest BCUT2D eigenvalue weighted by molar-refractivity contribution is 0.475. The lowest BCUT2D eigenvalue weighted by atomic mass is 9.99. The largest absolute Gasteiger partial charge is 0.508 e. The normalized spacial score (nSPS) is 11.4. The number of aromatic nitrogens is 3. The average molecular weight is 431 g/mol. The maximum atomic E-state index is 9.88. The highest BCUT2D eigenvalue weighted by Gasteiger charge is 2.20. The van der Waals surface area contributed by atoms with Gasteiger partial charge in [0.05, 0.1) is 16.4 Å². The fourth-order valence-corrected chi connectivity index (χ4v) is 4.07. The molecule has 24 heavy (non-hydrogen) atoms. The molecule has 0 unspecified atom stereocenters. The molecule has 0 saturated carbocycles. The highest BCUT2D eigenvalue weighted by Crippen LogP contribution is 2.41. The Hall–Kier alpha value is -2.55. The number of benzene rings is 2. The number of nitrogens with zero attached hydrogens (tertiary/aromatic N) is 3. The van der Waals surface area contributed by atoms with Crippen molar-refractivity contribution in [2.45, 2.75) is 0 Å². The summed E-state index contributed by atoms with van der Waals surface area (Å²) < 4.78 is 2.95. The van der Waals surface area contributed by atoms with E-state index in [0.29, 0.717) is 5.82 Å². The van der Waals surface area contributed by atoms with Crippen LogP contribution in [0.3, 0.4) is 0 Å². The standard InChI is InChI=1S/C17H14IN5O/c1-23-6-5-10-12-14(21-17(20)22-16(12)19)13(18)11(15(10)23)8-3-2-4-9(24)7-8/h2-7,24H,1H3,(H4,19,20,21,22). The smallest absolute Gasteiger partial charge is 0.222 e. The summed E-state index contributed by atoms with van der Waals surface area (Å²) in [4.78, 5) is 8.52. The van der Waals surface area contributed by atoms with E-state index < -0.39 is 0 Å². The molecule has 2 heterocycles. The molecule has 0 amide bonds. The van der Waals surface area contributed by atoms with Gasteiger partial charge in [0.2, 0.25) is 5.95 Å². The maximum Gasteiger partial charge on any atom is 0.222 e. The second kappa shape index (κ2) is 5.23. The summed E-state index contributed by atoms with van der Waals surface area (Å²) in [6.45, 7) is 0. The van der Waals surface area contributed by atoms with Crippen molar-refractivity contribution in [3.8, 4) is 16.9 Å². The number of phenols is 1. The number of hydrogen-bond acceptors (Lipinski definition) is 5. The van der Waals surface area contributed by atoms with Gasteiger partial charge in [0.1, 0.15) is 11.6 Å². The van der Waals surface area contributed by atoms with Crippen molar-refractivity contribution in [2.75, 3.05) is 11.5 Å². The van der Waals surface area contributed by atoms with Crippen LogP contribution in [0.5, 0.6) is 5.75 Å². The van der Waals surface area contributed by atoms with E-state index in [9.17, 15) is 5.11 Å². The van der Waals surface area contributed by atoms with Crippen LogP contribution in [-0.2, 0) is 7.05 Å². The second-order valence-corrected chi connectivity index (χ2v) is 6.70. The lowest BCUT2D eigenvalue weighted by Gasteiger charge is -2.14. The lowest BCUT2D eigenvalue weighted by Crippen LogP contribution is -2.03. The van der Waals surface area contributed by atoms with Crippen molar-refractivity contribution in [2.24, 2.45) is 7.05 Å². The van der Waals surface area contributed by atoms with E-state index in [4.69, 9.17) is 11.5 Å². The van der Waals surface area contributed by atoms with Gasteiger partial charge in [-0.15, -0.1) is 0 Å². The molecule has 0 aliphatic rings. The molecule has 7 heteroatoms. The van der Waals surface area contributed by atoms with Crippen LogP contribution in [0.1, 0.15) is 0 Å². The van der Waals surface area contributed by atoms with Crippen LogP contribution in [0.4, 0.5) is 11.8 Å². The minimum absolute atomic E-state index is 0.148. The number of nitrogen functional groups attached to an aromatic ring is 2. The Kier molecular flexibility index (Phi) is 3.27. The number of nitrogens with two attached hydrogens (primary N) is 2. The third-order valence-corrected chi connectivity index (χ3v) is 5.15. The Balaban J connectivity index is 2.27. The summed E-state index contributed by atoms with van der Waals surface area (Å²) >= 11 is 2.25. The molecule has 2 aromatic heterocycles. The molecule has 2 aromatic carbocycles. The second-order valence-electron chi connectivity index (χ2n) is 5.62. The molecule has 4 rings (SSSR count). The van der Waals surface area contributed by atoms with E-state index in [0.717, 1.165) is 36.5 Å². The van der Waals surface area contributed by atoms with E-state index in [1.165, 1.54) is 0 Å². The number of hydrogen-bond donors (Lipinski definition) is 3. The van der Waals surface area contributed by atoms with Crippen LogP contribution in [-0.4, -0.2) is 19.6 Å². The summed E-state index contributed by atoms with van der Waals surface area (Å²) in [5, 5.41) is 11.6. The van der Waals surface area contributed by atoms with Crippen LogP contribution in [0.2, 0.25) is 0 Å². The van der Waals surface area contributed by atoms with Crippen molar-refractivity contribution in [1.82, 2.24) is 14.5 Å². The van der Waals surface area contributed by atoms with Crippen LogP contribution < -0.4 is 11.5 Å². The number of phenolic OH excluding ortho intramolecular Hbond substituents is 1. The van der Waals surface area contributed by atoms with E-state index in [1.54, 1.807) is 12.1 Å². The minimum Gasteiger partial charge on any atom is -0.508 e. The molecule has 6 nitrogen and oxygen atoms in total. The van der Waals surface area contributed by atoms with Gasteiger partial charge in [0, 0.05) is 27.8 Å². The van der Waals surface area contributed by atoms with Gasteiger partial charge < -0.3 is 21.1 Å². The SMILES string of the molecule is Cn1ccc2c3c(N)nc(N)nc3c(I)c(-c3cccc(O)c3)c21. The summed E-state index contributed by atoms with van der Waals surface area (Å²) in [7, 11) is 1.98. The van der Waals surface area contributed by atoms with Gasteiger partial charge in [-0.2, -0.15) is 4.98 Å². The third-order valence-electron chi connectivity index (χ3n) is 4.10. The molecule has 0 saturated heterocycles. The van der Waals surface area contributed by atoms with Gasteiger partial charge in [0.25, 0.3) is 0 Å². The van der Waals surface area contributed by atoms with Gasteiger partial charge in [-0.25, -0.2) is 4.98 Å². The van der Waals surface area contributed by atoms with Crippen molar-refractivity contribution < 1.29 is 5.11 Å². The molecular formula is C17H14IN5O. The quantitative estimate of drug-likeness (QED) is 0.402. The zero-order valence-electron chi connectivity index (χ0n) is 12.8. The summed E-state index contributed by atoms with van der Waals surface area (Å²) in [6, 6.07) is 9.17. The Morgan fingerprint density at radius 3 is 2.71 bits per heavy atom. The number of fused-ring (bicyclic) bond motifs is 3. The van der Waals surface area contributed by atoms with Gasteiger partial charge in [-0.05, 0) is 46.4 Å². The topological polar surface area (TPSA) is 103 Å². The molecule has 120 valence electrons. The van der Waals surface area contributed by atoms with Gasteiger partial charge in [0.15, 0.2) is 0 Å². The first kappa shape index (κ1) is 15.0. The van der Waals surface area contributed by atoms with Crippen molar-refractivity contribution in [1.29, 1.82) is 0 Å². The van der Waals surface area contributed by atoms with E-state index in [1.807, 2.05) is 36.0 Å². The first-order chi connectivity index (χ1) is 11.5. The Bertz CT molecular complexity index is 1120. The monoisotopic (exact) mass is 431 g/mol. The van der Waals surface area contributed by atoms with Crippen LogP contribution >= 0.6 is 22.6 Å². The Labute approximate surface area is 151 Å². The van der Waals surface area contributed by atoms with Gasteiger partial charge >= 0.3 is 0 Å². The van der Waals surface area contributed by atoms with Crippen LogP contribution in [0.25, 0.3) is 32.9 Å². The number of aryl methyl sites for hydroxylation is 1. The molecule has 0 aliphatic heterocycles. The summed E-state index contributed by atoms with van der Waals surface area (Å²) in [6.07, 6.45) is 1.97. The predicted molar refractivity (Wildman–Crippen MR) is 105 cm³/mol. The summed E-state index contributed by atoms with van der Waals surface area (Å²) in [5.41, 5.74) is 15.6. The van der Waals surface area contributed by atoms with E-state index in [2.05, 4.69) is 32.6 Å². The molecule has 0 bridgehead atoms. The van der Waals surface area contributed by atoms with Crippen LogP contribution in [0, 0.1) is 3.57 Å². The van der Waals surface area contributed by atoms with Crippen LogP contribution in [0.15, 0.2) is 36.5 Å². The molecular weight excluding hydrogens is 417 g/mol. The Morgan fingerprint density at radius 1 is 1.17 bits per heavy atom. The van der Waals surface area contributed by atoms with Crippen molar-refractivity contribution in [3.05, 3.63) is 40.1 Å². The zero-order valence-corrected chi connectivity index (χ0v) is 14.9. The molecule has 0 aliphatic carbocycles. The highest BCUT2D eigenvalue weighted by atomic mass is 127.